The van der Waals surface area contributed by atoms with Crippen LogP contribution in [0.5, 0.6) is 5.75 Å². The molecule has 0 fully saturated rings. The van der Waals surface area contributed by atoms with Crippen molar-refractivity contribution in [3.05, 3.63) is 36.2 Å². The Kier molecular flexibility index (Phi) is 4.73. The van der Waals surface area contributed by atoms with Crippen LogP contribution in [0.25, 0.3) is 0 Å². The maximum absolute atomic E-state index is 12.3. The number of carbonyl (C=O) groups excluding carboxylic acids is 1. The molecular weight excluding hydrogens is 304 g/mol. The van der Waals surface area contributed by atoms with E-state index < -0.39 is 23.2 Å². The van der Waals surface area contributed by atoms with Crippen molar-refractivity contribution >= 4 is 16.6 Å². The molecule has 2 aromatic rings. The van der Waals surface area contributed by atoms with Gasteiger partial charge in [0.2, 0.25) is 5.16 Å². The zero-order valence-electron chi connectivity index (χ0n) is 10.9. The minimum absolute atomic E-state index is 0.0133. The summed E-state index contributed by atoms with van der Waals surface area (Å²) in [5, 5.41) is 7.35. The summed E-state index contributed by atoms with van der Waals surface area (Å²) in [6, 6.07) is 5.69. The zero-order valence-corrected chi connectivity index (χ0v) is 11.7. The fourth-order valence-corrected chi connectivity index (χ4v) is 2.32. The van der Waals surface area contributed by atoms with Crippen molar-refractivity contribution in [2.75, 3.05) is 6.26 Å². The number of hydrogen-bond donors (Lipinski definition) is 0. The van der Waals surface area contributed by atoms with Crippen molar-refractivity contribution < 1.29 is 22.5 Å². The molecule has 0 aliphatic heterocycles. The molecule has 0 saturated heterocycles. The maximum Gasteiger partial charge on any atom is 0.387 e. The second-order valence-corrected chi connectivity index (χ2v) is 5.27. The van der Waals surface area contributed by atoms with E-state index in [0.717, 1.165) is 0 Å². The lowest BCUT2D eigenvalue weighted by atomic mass is 10.1. The average molecular weight is 315 g/mol. The highest BCUT2D eigenvalue weighted by Crippen LogP contribution is 2.21. The number of nitrogens with zero attached hydrogens (tertiary/aromatic N) is 3. The zero-order chi connectivity index (χ0) is 15.4. The summed E-state index contributed by atoms with van der Waals surface area (Å²) in [7, 11) is -1.41. The summed E-state index contributed by atoms with van der Waals surface area (Å²) in [5.74, 6) is -0.678. The Bertz CT molecular complexity index is 675. The fourth-order valence-electron chi connectivity index (χ4n) is 1.71. The first-order valence-corrected chi connectivity index (χ1v) is 7.33. The Morgan fingerprint density at radius 2 is 2.14 bits per heavy atom. The molecule has 0 spiro atoms. The van der Waals surface area contributed by atoms with Crippen LogP contribution in [0, 0.1) is 0 Å². The van der Waals surface area contributed by atoms with E-state index in [1.807, 2.05) is 0 Å². The molecule has 0 aliphatic carbocycles. The fraction of sp³-hybridized carbons (Fsp3) is 0.250. The highest BCUT2D eigenvalue weighted by molar-refractivity contribution is 7.84. The Labute approximate surface area is 121 Å². The van der Waals surface area contributed by atoms with Gasteiger partial charge in [0.15, 0.2) is 5.78 Å². The van der Waals surface area contributed by atoms with Crippen molar-refractivity contribution in [1.82, 2.24) is 14.8 Å². The Morgan fingerprint density at radius 1 is 1.43 bits per heavy atom. The highest BCUT2D eigenvalue weighted by Gasteiger charge is 2.18. The molecule has 1 aromatic heterocycles. The highest BCUT2D eigenvalue weighted by atomic mass is 32.2. The van der Waals surface area contributed by atoms with Crippen LogP contribution in [0.2, 0.25) is 0 Å². The number of aromatic nitrogens is 3. The molecular formula is C12H11F2N3O3S. The van der Waals surface area contributed by atoms with Gasteiger partial charge in [0.1, 0.15) is 12.1 Å². The van der Waals surface area contributed by atoms with Gasteiger partial charge in [-0.3, -0.25) is 13.6 Å². The Morgan fingerprint density at radius 3 is 2.81 bits per heavy atom. The van der Waals surface area contributed by atoms with Gasteiger partial charge < -0.3 is 4.74 Å². The van der Waals surface area contributed by atoms with Crippen molar-refractivity contribution in [1.29, 1.82) is 0 Å². The average Bonchev–Trinajstić information content (AvgIpc) is 2.86. The molecule has 1 aromatic carbocycles. The van der Waals surface area contributed by atoms with Crippen molar-refractivity contribution in [3.8, 4) is 5.75 Å². The number of para-hydroxylation sites is 1. The van der Waals surface area contributed by atoms with E-state index in [2.05, 4.69) is 14.9 Å². The van der Waals surface area contributed by atoms with Gasteiger partial charge in [-0.1, -0.05) is 12.1 Å². The van der Waals surface area contributed by atoms with E-state index in [1.165, 1.54) is 41.4 Å². The number of Topliss-reactive ketones (excluding diaryl/α,β-unsaturated/α-hetero) is 1. The molecule has 21 heavy (non-hydrogen) atoms. The van der Waals surface area contributed by atoms with Crippen LogP contribution in [-0.2, 0) is 17.3 Å². The molecule has 1 atom stereocenters. The smallest absolute Gasteiger partial charge is 0.387 e. The van der Waals surface area contributed by atoms with Crippen molar-refractivity contribution in [2.24, 2.45) is 0 Å². The molecule has 0 bridgehead atoms. The topological polar surface area (TPSA) is 74.1 Å². The SMILES string of the molecule is C[S@](=O)c1nncn1CC(=O)c1ccccc1OC(F)F. The number of ether oxygens (including phenoxy) is 1. The second kappa shape index (κ2) is 6.53. The first kappa shape index (κ1) is 15.2. The first-order valence-electron chi connectivity index (χ1n) is 5.77. The van der Waals surface area contributed by atoms with Crippen molar-refractivity contribution in [3.63, 3.8) is 0 Å². The number of hydrogen-bond acceptors (Lipinski definition) is 5. The summed E-state index contributed by atoms with van der Waals surface area (Å²) in [4.78, 5) is 12.2. The minimum atomic E-state index is -3.02. The summed E-state index contributed by atoms with van der Waals surface area (Å²) < 4.78 is 41.6. The molecule has 0 N–H and O–H groups in total. The summed E-state index contributed by atoms with van der Waals surface area (Å²) in [6.07, 6.45) is 2.66. The third-order valence-corrected chi connectivity index (χ3v) is 3.38. The van der Waals surface area contributed by atoms with Crippen LogP contribution in [0.1, 0.15) is 10.4 Å². The monoisotopic (exact) mass is 315 g/mol. The van der Waals surface area contributed by atoms with Gasteiger partial charge >= 0.3 is 6.61 Å². The van der Waals surface area contributed by atoms with Gasteiger partial charge in [0, 0.05) is 6.26 Å². The molecule has 112 valence electrons. The van der Waals surface area contributed by atoms with Crippen LogP contribution in [0.4, 0.5) is 8.78 Å². The lowest BCUT2D eigenvalue weighted by Crippen LogP contribution is -2.15. The van der Waals surface area contributed by atoms with Crippen LogP contribution in [-0.4, -0.2) is 37.6 Å². The predicted octanol–water partition coefficient (Wildman–Crippen LogP) is 1.50. The summed E-state index contributed by atoms with van der Waals surface area (Å²) in [6.45, 7) is -3.24. The molecule has 1 heterocycles. The Balaban J connectivity index is 2.24. The summed E-state index contributed by atoms with van der Waals surface area (Å²) in [5.41, 5.74) is 0.0133. The van der Waals surface area contributed by atoms with E-state index >= 15 is 0 Å². The molecule has 2 rings (SSSR count). The number of rotatable bonds is 6. The largest absolute Gasteiger partial charge is 0.434 e. The lowest BCUT2D eigenvalue weighted by Gasteiger charge is -2.10. The third-order valence-electron chi connectivity index (χ3n) is 2.55. The van der Waals surface area contributed by atoms with Gasteiger partial charge in [-0.15, -0.1) is 10.2 Å². The van der Waals surface area contributed by atoms with Crippen LogP contribution < -0.4 is 4.74 Å². The minimum Gasteiger partial charge on any atom is -0.434 e. The standard InChI is InChI=1S/C12H11F2N3O3S/c1-21(19)12-16-15-7-17(12)6-9(18)8-4-2-3-5-10(8)20-11(13)14/h2-5,7,11H,6H2,1H3/t21-/m0/s1. The molecule has 0 radical (unpaired) electrons. The number of alkyl halides is 2. The molecule has 0 unspecified atom stereocenters. The van der Waals surface area contributed by atoms with Crippen LogP contribution in [0.3, 0.4) is 0 Å². The van der Waals surface area contributed by atoms with Gasteiger partial charge in [-0.05, 0) is 12.1 Å². The predicted molar refractivity (Wildman–Crippen MR) is 69.8 cm³/mol. The number of benzene rings is 1. The molecule has 0 saturated carbocycles. The quantitative estimate of drug-likeness (QED) is 0.755. The van der Waals surface area contributed by atoms with Gasteiger partial charge in [-0.2, -0.15) is 8.78 Å². The third kappa shape index (κ3) is 3.69. The molecule has 0 amide bonds. The first-order chi connectivity index (χ1) is 9.99. The van der Waals surface area contributed by atoms with Gasteiger partial charge in [-0.25, -0.2) is 0 Å². The van der Waals surface area contributed by atoms with E-state index in [4.69, 9.17) is 0 Å². The van der Waals surface area contributed by atoms with E-state index in [1.54, 1.807) is 0 Å². The molecule has 6 nitrogen and oxygen atoms in total. The molecule has 0 aliphatic rings. The van der Waals surface area contributed by atoms with Crippen LogP contribution >= 0.6 is 0 Å². The number of carbonyl (C=O) groups is 1. The number of ketones is 1. The second-order valence-electron chi connectivity index (χ2n) is 3.99. The lowest BCUT2D eigenvalue weighted by molar-refractivity contribution is -0.0501. The van der Waals surface area contributed by atoms with Gasteiger partial charge in [0.25, 0.3) is 0 Å². The van der Waals surface area contributed by atoms with E-state index in [9.17, 15) is 17.8 Å². The van der Waals surface area contributed by atoms with E-state index in [0.29, 0.717) is 0 Å². The number of halogens is 2. The van der Waals surface area contributed by atoms with Gasteiger partial charge in [0.05, 0.1) is 22.9 Å². The normalized spacial score (nSPS) is 12.4. The van der Waals surface area contributed by atoms with Crippen LogP contribution in [0.15, 0.2) is 35.7 Å². The molecule has 9 heteroatoms. The van der Waals surface area contributed by atoms with Crippen molar-refractivity contribution in [2.45, 2.75) is 18.3 Å². The Hall–Kier alpha value is -2.16. The summed E-state index contributed by atoms with van der Waals surface area (Å²) >= 11 is 0. The maximum atomic E-state index is 12.3. The van der Waals surface area contributed by atoms with E-state index in [-0.39, 0.29) is 23.0 Å².